The largest absolute Gasteiger partial charge is 0.303 e. The lowest BCUT2D eigenvalue weighted by atomic mass is 10.00. The zero-order valence-electron chi connectivity index (χ0n) is 8.65. The number of hydrogen-bond acceptors (Lipinski definition) is 1. The van der Waals surface area contributed by atoms with Crippen LogP contribution in [0.4, 0.5) is 4.39 Å². The van der Waals surface area contributed by atoms with Gasteiger partial charge in [-0.1, -0.05) is 20.8 Å². The van der Waals surface area contributed by atoms with Crippen molar-refractivity contribution in [1.29, 1.82) is 0 Å². The molecule has 1 heterocycles. The fourth-order valence-corrected chi connectivity index (χ4v) is 1.56. The van der Waals surface area contributed by atoms with Crippen LogP contribution in [0.15, 0.2) is 0 Å². The molecular weight excluding hydrogens is 153 g/mol. The van der Waals surface area contributed by atoms with E-state index in [0.717, 1.165) is 19.5 Å². The summed E-state index contributed by atoms with van der Waals surface area (Å²) in [5.74, 6) is 0.327. The number of nitrogens with zero attached hydrogens (tertiary/aromatic N) is 1. The third-order valence-electron chi connectivity index (χ3n) is 2.27. The minimum atomic E-state index is -0.128. The first kappa shape index (κ1) is 11.9. The Morgan fingerprint density at radius 3 is 2.58 bits per heavy atom. The second-order valence-electron chi connectivity index (χ2n) is 3.06. The number of hydrogen-bond donors (Lipinski definition) is 0. The molecule has 2 heteroatoms. The Morgan fingerprint density at radius 1 is 1.42 bits per heavy atom. The third kappa shape index (κ3) is 4.05. The summed E-state index contributed by atoms with van der Waals surface area (Å²) in [6, 6.07) is 0. The molecule has 0 saturated carbocycles. The van der Waals surface area contributed by atoms with Crippen LogP contribution in [0.3, 0.4) is 0 Å². The first-order chi connectivity index (χ1) is 5.86. The van der Waals surface area contributed by atoms with Gasteiger partial charge in [0.05, 0.1) is 6.67 Å². The summed E-state index contributed by atoms with van der Waals surface area (Å²) < 4.78 is 12.2. The van der Waals surface area contributed by atoms with E-state index >= 15 is 0 Å². The quantitative estimate of drug-likeness (QED) is 0.623. The molecule has 1 nitrogen and oxygen atoms in total. The van der Waals surface area contributed by atoms with E-state index in [1.807, 2.05) is 13.8 Å². The van der Waals surface area contributed by atoms with Crippen LogP contribution in [0.2, 0.25) is 0 Å². The number of halogens is 1. The van der Waals surface area contributed by atoms with E-state index in [1.165, 1.54) is 13.0 Å². The van der Waals surface area contributed by atoms with Crippen molar-refractivity contribution in [3.8, 4) is 0 Å². The molecule has 74 valence electrons. The smallest absolute Gasteiger partial charge is 0.0934 e. The van der Waals surface area contributed by atoms with Gasteiger partial charge in [0.2, 0.25) is 0 Å². The van der Waals surface area contributed by atoms with Gasteiger partial charge in [-0.15, -0.1) is 0 Å². The molecule has 1 saturated heterocycles. The molecule has 0 spiro atoms. The van der Waals surface area contributed by atoms with Gasteiger partial charge in [-0.25, -0.2) is 0 Å². The summed E-state index contributed by atoms with van der Waals surface area (Å²) in [5, 5.41) is 0. The summed E-state index contributed by atoms with van der Waals surface area (Å²) in [6.45, 7) is 9.24. The molecule has 0 aromatic rings. The van der Waals surface area contributed by atoms with E-state index < -0.39 is 0 Å². The van der Waals surface area contributed by atoms with Crippen molar-refractivity contribution in [2.45, 2.75) is 33.6 Å². The van der Waals surface area contributed by atoms with Crippen LogP contribution in [-0.4, -0.2) is 31.2 Å². The van der Waals surface area contributed by atoms with Crippen molar-refractivity contribution in [2.75, 3.05) is 26.3 Å². The van der Waals surface area contributed by atoms with Crippen LogP contribution in [0.25, 0.3) is 0 Å². The Balaban J connectivity index is 0.000000561. The lowest BCUT2D eigenvalue weighted by Crippen LogP contribution is -2.35. The van der Waals surface area contributed by atoms with Gasteiger partial charge in [0.1, 0.15) is 0 Å². The van der Waals surface area contributed by atoms with Crippen molar-refractivity contribution in [2.24, 2.45) is 5.92 Å². The number of likely N-dealkylation sites (tertiary alicyclic amines) is 1. The predicted octanol–water partition coefficient (Wildman–Crippen LogP) is 2.71. The first-order valence-electron chi connectivity index (χ1n) is 5.15. The van der Waals surface area contributed by atoms with Gasteiger partial charge in [-0.2, -0.15) is 0 Å². The van der Waals surface area contributed by atoms with E-state index in [1.54, 1.807) is 0 Å². The maximum absolute atomic E-state index is 12.2. The van der Waals surface area contributed by atoms with E-state index in [0.29, 0.717) is 5.92 Å². The van der Waals surface area contributed by atoms with Gasteiger partial charge >= 0.3 is 0 Å². The van der Waals surface area contributed by atoms with Crippen molar-refractivity contribution in [3.63, 3.8) is 0 Å². The third-order valence-corrected chi connectivity index (χ3v) is 2.27. The maximum Gasteiger partial charge on any atom is 0.0934 e. The minimum absolute atomic E-state index is 0.128. The topological polar surface area (TPSA) is 3.24 Å². The molecule has 0 aliphatic carbocycles. The van der Waals surface area contributed by atoms with Crippen LogP contribution >= 0.6 is 0 Å². The summed E-state index contributed by atoms with van der Waals surface area (Å²) in [7, 11) is 0. The number of piperidine rings is 1. The van der Waals surface area contributed by atoms with E-state index in [-0.39, 0.29) is 6.67 Å². The Morgan fingerprint density at radius 2 is 2.08 bits per heavy atom. The monoisotopic (exact) mass is 175 g/mol. The molecule has 1 unspecified atom stereocenters. The average molecular weight is 175 g/mol. The molecule has 0 bridgehead atoms. The van der Waals surface area contributed by atoms with Crippen molar-refractivity contribution >= 4 is 0 Å². The van der Waals surface area contributed by atoms with E-state index in [2.05, 4.69) is 11.8 Å². The highest BCUT2D eigenvalue weighted by atomic mass is 19.1. The molecule has 0 radical (unpaired) electrons. The molecular formula is C10H22FN. The molecule has 0 aromatic carbocycles. The van der Waals surface area contributed by atoms with Crippen LogP contribution in [0.5, 0.6) is 0 Å². The molecule has 1 aliphatic heterocycles. The van der Waals surface area contributed by atoms with Crippen molar-refractivity contribution < 1.29 is 4.39 Å². The van der Waals surface area contributed by atoms with Gasteiger partial charge in [-0.3, -0.25) is 4.39 Å². The summed E-state index contributed by atoms with van der Waals surface area (Å²) >= 11 is 0. The Labute approximate surface area is 75.9 Å². The molecule has 12 heavy (non-hydrogen) atoms. The number of rotatable bonds is 2. The molecule has 0 N–H and O–H groups in total. The SMILES string of the molecule is CC.CCN1CCCC(CF)C1. The lowest BCUT2D eigenvalue weighted by Gasteiger charge is -2.30. The Kier molecular flexibility index (Phi) is 7.47. The summed E-state index contributed by atoms with van der Waals surface area (Å²) in [5.41, 5.74) is 0. The van der Waals surface area contributed by atoms with E-state index in [4.69, 9.17) is 0 Å². The van der Waals surface area contributed by atoms with Crippen molar-refractivity contribution in [1.82, 2.24) is 4.90 Å². The molecule has 0 amide bonds. The predicted molar refractivity (Wildman–Crippen MR) is 52.2 cm³/mol. The molecule has 1 fully saturated rings. The second-order valence-corrected chi connectivity index (χ2v) is 3.06. The maximum atomic E-state index is 12.2. The van der Waals surface area contributed by atoms with Gasteiger partial charge in [0.15, 0.2) is 0 Å². The zero-order valence-corrected chi connectivity index (χ0v) is 8.65. The zero-order chi connectivity index (χ0) is 9.40. The van der Waals surface area contributed by atoms with Gasteiger partial charge in [0.25, 0.3) is 0 Å². The number of alkyl halides is 1. The average Bonchev–Trinajstić information content (AvgIpc) is 2.21. The standard InChI is InChI=1S/C8H16FN.C2H6/c1-2-10-5-3-4-8(6-9)7-10;1-2/h8H,2-7H2,1H3;1-2H3. The van der Waals surface area contributed by atoms with Crippen LogP contribution in [-0.2, 0) is 0 Å². The first-order valence-corrected chi connectivity index (χ1v) is 5.15. The van der Waals surface area contributed by atoms with Crippen LogP contribution < -0.4 is 0 Å². The molecule has 1 aliphatic rings. The minimum Gasteiger partial charge on any atom is -0.303 e. The van der Waals surface area contributed by atoms with E-state index in [9.17, 15) is 4.39 Å². The summed E-state index contributed by atoms with van der Waals surface area (Å²) in [6.07, 6.45) is 2.27. The highest BCUT2D eigenvalue weighted by Gasteiger charge is 2.17. The highest BCUT2D eigenvalue weighted by molar-refractivity contribution is 4.70. The van der Waals surface area contributed by atoms with Crippen LogP contribution in [0.1, 0.15) is 33.6 Å². The van der Waals surface area contributed by atoms with Crippen LogP contribution in [0, 0.1) is 5.92 Å². The lowest BCUT2D eigenvalue weighted by molar-refractivity contribution is 0.160. The second kappa shape index (κ2) is 7.53. The van der Waals surface area contributed by atoms with Gasteiger partial charge < -0.3 is 4.90 Å². The highest BCUT2D eigenvalue weighted by Crippen LogP contribution is 2.15. The molecule has 0 aromatic heterocycles. The Bertz CT molecular complexity index is 85.8. The van der Waals surface area contributed by atoms with Gasteiger partial charge in [-0.05, 0) is 25.9 Å². The normalized spacial score (nSPS) is 24.5. The molecule has 1 atom stereocenters. The van der Waals surface area contributed by atoms with Gasteiger partial charge in [0, 0.05) is 12.5 Å². The molecule has 1 rings (SSSR count). The summed E-state index contributed by atoms with van der Waals surface area (Å²) in [4.78, 5) is 2.33. The fraction of sp³-hybridized carbons (Fsp3) is 1.00. The Hall–Kier alpha value is -0.110. The van der Waals surface area contributed by atoms with Crippen molar-refractivity contribution in [3.05, 3.63) is 0 Å². The fourth-order valence-electron chi connectivity index (χ4n) is 1.56.